The molecule has 0 aliphatic heterocycles. The third-order valence-corrected chi connectivity index (χ3v) is 3.38. The molecule has 0 radical (unpaired) electrons. The van der Waals surface area contributed by atoms with Crippen LogP contribution in [0.25, 0.3) is 0 Å². The Morgan fingerprint density at radius 2 is 1.68 bits per heavy atom. The van der Waals surface area contributed by atoms with E-state index in [2.05, 4.69) is 5.32 Å². The van der Waals surface area contributed by atoms with Gasteiger partial charge in [-0.05, 0) is 25.1 Å². The van der Waals surface area contributed by atoms with Crippen molar-refractivity contribution in [1.29, 1.82) is 0 Å². The van der Waals surface area contributed by atoms with Crippen LogP contribution in [0.5, 0.6) is 0 Å². The quantitative estimate of drug-likeness (QED) is 0.795. The molecule has 1 N–H and O–H groups in total. The smallest absolute Gasteiger partial charge is 0.131 e. The van der Waals surface area contributed by atoms with Gasteiger partial charge in [0.15, 0.2) is 0 Å². The zero-order valence-corrected chi connectivity index (χ0v) is 11.6. The minimum Gasteiger partial charge on any atom is -0.376 e. The monoisotopic (exact) mass is 301 g/mol. The summed E-state index contributed by atoms with van der Waals surface area (Å²) in [5.41, 5.74) is 0.874. The number of halogens is 4. The molecule has 0 aliphatic rings. The number of benzene rings is 2. The van der Waals surface area contributed by atoms with Crippen molar-refractivity contribution in [2.24, 2.45) is 0 Å². The zero-order valence-electron chi connectivity index (χ0n) is 10.1. The molecular formula is C14H11Cl2F2N. The van der Waals surface area contributed by atoms with Gasteiger partial charge < -0.3 is 5.32 Å². The number of anilines is 1. The maximum absolute atomic E-state index is 13.7. The first kappa shape index (κ1) is 14.1. The van der Waals surface area contributed by atoms with Gasteiger partial charge >= 0.3 is 0 Å². The Hall–Kier alpha value is -1.32. The highest BCUT2D eigenvalue weighted by molar-refractivity contribution is 6.39. The van der Waals surface area contributed by atoms with Gasteiger partial charge in [-0.1, -0.05) is 35.3 Å². The first-order chi connectivity index (χ1) is 8.99. The highest BCUT2D eigenvalue weighted by atomic mass is 35.5. The lowest BCUT2D eigenvalue weighted by Crippen LogP contribution is -2.09. The fourth-order valence-electron chi connectivity index (χ4n) is 1.78. The third kappa shape index (κ3) is 3.17. The van der Waals surface area contributed by atoms with Crippen molar-refractivity contribution < 1.29 is 8.78 Å². The van der Waals surface area contributed by atoms with Crippen molar-refractivity contribution in [3.05, 3.63) is 63.6 Å². The first-order valence-electron chi connectivity index (χ1n) is 5.64. The SMILES string of the molecule is CC(Nc1c(Cl)cccc1Cl)c1ccc(F)cc1F. The highest BCUT2D eigenvalue weighted by Gasteiger charge is 2.14. The van der Waals surface area contributed by atoms with Crippen molar-refractivity contribution in [3.63, 3.8) is 0 Å². The molecule has 1 atom stereocenters. The van der Waals surface area contributed by atoms with Crippen LogP contribution >= 0.6 is 23.2 Å². The molecule has 0 fully saturated rings. The van der Waals surface area contributed by atoms with E-state index < -0.39 is 17.7 Å². The van der Waals surface area contributed by atoms with Gasteiger partial charge in [-0.2, -0.15) is 0 Å². The molecule has 0 saturated carbocycles. The van der Waals surface area contributed by atoms with Gasteiger partial charge in [-0.3, -0.25) is 0 Å². The molecule has 0 bridgehead atoms. The van der Waals surface area contributed by atoms with Crippen molar-refractivity contribution in [3.8, 4) is 0 Å². The van der Waals surface area contributed by atoms with E-state index in [1.54, 1.807) is 25.1 Å². The summed E-state index contributed by atoms with van der Waals surface area (Å²) in [6.07, 6.45) is 0. The van der Waals surface area contributed by atoms with Crippen LogP contribution in [0.15, 0.2) is 36.4 Å². The average molecular weight is 302 g/mol. The van der Waals surface area contributed by atoms with Crippen LogP contribution in [0.2, 0.25) is 10.0 Å². The van der Waals surface area contributed by atoms with E-state index in [-0.39, 0.29) is 0 Å². The number of para-hydroxylation sites is 1. The Morgan fingerprint density at radius 3 is 2.26 bits per heavy atom. The van der Waals surface area contributed by atoms with Gasteiger partial charge in [-0.15, -0.1) is 0 Å². The van der Waals surface area contributed by atoms with Crippen LogP contribution < -0.4 is 5.32 Å². The lowest BCUT2D eigenvalue weighted by atomic mass is 10.1. The molecule has 19 heavy (non-hydrogen) atoms. The molecule has 0 aliphatic carbocycles. The average Bonchev–Trinajstić information content (AvgIpc) is 2.33. The second-order valence-corrected chi connectivity index (χ2v) is 4.94. The topological polar surface area (TPSA) is 12.0 Å². The molecule has 2 aromatic carbocycles. The lowest BCUT2D eigenvalue weighted by molar-refractivity contribution is 0.566. The van der Waals surface area contributed by atoms with Crippen LogP contribution in [-0.4, -0.2) is 0 Å². The molecular weight excluding hydrogens is 291 g/mol. The Labute approximate surface area is 120 Å². The van der Waals surface area contributed by atoms with E-state index in [0.29, 0.717) is 21.3 Å². The molecule has 1 unspecified atom stereocenters. The van der Waals surface area contributed by atoms with Crippen molar-refractivity contribution in [1.82, 2.24) is 0 Å². The molecule has 5 heteroatoms. The van der Waals surface area contributed by atoms with Gasteiger partial charge in [0.25, 0.3) is 0 Å². The predicted molar refractivity (Wildman–Crippen MR) is 74.9 cm³/mol. The van der Waals surface area contributed by atoms with Crippen LogP contribution in [0.1, 0.15) is 18.5 Å². The van der Waals surface area contributed by atoms with E-state index in [1.165, 1.54) is 12.1 Å². The molecule has 0 amide bonds. The van der Waals surface area contributed by atoms with Gasteiger partial charge in [0, 0.05) is 11.6 Å². The number of rotatable bonds is 3. The molecule has 2 aromatic rings. The largest absolute Gasteiger partial charge is 0.376 e. The number of hydrogen-bond donors (Lipinski definition) is 1. The molecule has 100 valence electrons. The Morgan fingerprint density at radius 1 is 1.05 bits per heavy atom. The van der Waals surface area contributed by atoms with Crippen LogP contribution in [0.4, 0.5) is 14.5 Å². The Balaban J connectivity index is 2.28. The number of hydrogen-bond acceptors (Lipinski definition) is 1. The summed E-state index contributed by atoms with van der Waals surface area (Å²) in [6.45, 7) is 1.75. The van der Waals surface area contributed by atoms with Crippen molar-refractivity contribution in [2.45, 2.75) is 13.0 Å². The Kier molecular flexibility index (Phi) is 4.27. The minimum atomic E-state index is -0.608. The fourth-order valence-corrected chi connectivity index (χ4v) is 2.29. The van der Waals surface area contributed by atoms with Gasteiger partial charge in [-0.25, -0.2) is 8.78 Å². The summed E-state index contributed by atoms with van der Waals surface area (Å²) in [5.74, 6) is -1.22. The lowest BCUT2D eigenvalue weighted by Gasteiger charge is -2.18. The van der Waals surface area contributed by atoms with E-state index >= 15 is 0 Å². The van der Waals surface area contributed by atoms with E-state index in [1.807, 2.05) is 0 Å². The number of nitrogens with one attached hydrogen (secondary N) is 1. The predicted octanol–water partition coefficient (Wildman–Crippen LogP) is 5.44. The molecule has 0 spiro atoms. The van der Waals surface area contributed by atoms with Crippen LogP contribution in [0, 0.1) is 11.6 Å². The second-order valence-electron chi connectivity index (χ2n) is 4.13. The summed E-state index contributed by atoms with van der Waals surface area (Å²) in [7, 11) is 0. The van der Waals surface area contributed by atoms with E-state index in [9.17, 15) is 8.78 Å². The summed E-state index contributed by atoms with van der Waals surface area (Å²) < 4.78 is 26.5. The molecule has 0 saturated heterocycles. The summed E-state index contributed by atoms with van der Waals surface area (Å²) in [4.78, 5) is 0. The first-order valence-corrected chi connectivity index (χ1v) is 6.40. The molecule has 2 rings (SSSR count). The van der Waals surface area contributed by atoms with Gasteiger partial charge in [0.1, 0.15) is 11.6 Å². The van der Waals surface area contributed by atoms with Gasteiger partial charge in [0.2, 0.25) is 0 Å². The van der Waals surface area contributed by atoms with E-state index in [4.69, 9.17) is 23.2 Å². The Bertz CT molecular complexity index is 582. The minimum absolute atomic E-state index is 0.345. The summed E-state index contributed by atoms with van der Waals surface area (Å²) in [6, 6.07) is 8.16. The third-order valence-electron chi connectivity index (χ3n) is 2.75. The van der Waals surface area contributed by atoms with E-state index in [0.717, 1.165) is 6.07 Å². The fraction of sp³-hybridized carbons (Fsp3) is 0.143. The second kappa shape index (κ2) is 5.76. The van der Waals surface area contributed by atoms with Crippen molar-refractivity contribution in [2.75, 3.05) is 5.32 Å². The van der Waals surface area contributed by atoms with Gasteiger partial charge in [0.05, 0.1) is 21.8 Å². The maximum atomic E-state index is 13.7. The maximum Gasteiger partial charge on any atom is 0.131 e. The summed E-state index contributed by atoms with van der Waals surface area (Å²) >= 11 is 12.1. The highest BCUT2D eigenvalue weighted by Crippen LogP contribution is 2.33. The van der Waals surface area contributed by atoms with Crippen LogP contribution in [-0.2, 0) is 0 Å². The molecule has 0 heterocycles. The summed E-state index contributed by atoms with van der Waals surface area (Å²) in [5, 5.41) is 3.92. The van der Waals surface area contributed by atoms with Crippen molar-refractivity contribution >= 4 is 28.9 Å². The normalized spacial score (nSPS) is 12.3. The molecule has 0 aromatic heterocycles. The van der Waals surface area contributed by atoms with Crippen LogP contribution in [0.3, 0.4) is 0 Å². The molecule has 1 nitrogen and oxygen atoms in total. The standard InChI is InChI=1S/C14H11Cl2F2N/c1-8(10-6-5-9(17)7-13(10)18)19-14-11(15)3-2-4-12(14)16/h2-8,19H,1H3. The zero-order chi connectivity index (χ0) is 14.0.